The first-order valence-corrected chi connectivity index (χ1v) is 9.14. The van der Waals surface area contributed by atoms with Crippen molar-refractivity contribution in [2.45, 2.75) is 77.3 Å². The normalized spacial score (nSPS) is 43.5. The molecule has 2 aliphatic carbocycles. The summed E-state index contributed by atoms with van der Waals surface area (Å²) in [6.45, 7) is 7.47. The molecule has 0 aromatic heterocycles. The van der Waals surface area contributed by atoms with Crippen LogP contribution in [-0.2, 0) is 0 Å². The number of piperidine rings is 1. The first kappa shape index (κ1) is 14.8. The van der Waals surface area contributed by atoms with E-state index in [4.69, 9.17) is 5.73 Å². The Hall–Kier alpha value is -0.0800. The maximum absolute atomic E-state index is 6.50. The predicted octanol–water partition coefficient (Wildman–Crippen LogP) is 3.65. The molecule has 2 nitrogen and oxygen atoms in total. The Bertz CT molecular complexity index is 315. The van der Waals surface area contributed by atoms with Gasteiger partial charge in [-0.25, -0.2) is 0 Å². The molecule has 2 heteroatoms. The fourth-order valence-corrected chi connectivity index (χ4v) is 5.16. The van der Waals surface area contributed by atoms with E-state index in [1.165, 1.54) is 64.5 Å². The van der Waals surface area contributed by atoms with Gasteiger partial charge < -0.3 is 5.73 Å². The number of fused-ring (bicyclic) bond motifs is 1. The van der Waals surface area contributed by atoms with Gasteiger partial charge in [-0.3, -0.25) is 4.90 Å². The van der Waals surface area contributed by atoms with Crippen molar-refractivity contribution >= 4 is 0 Å². The van der Waals surface area contributed by atoms with E-state index in [0.29, 0.717) is 12.1 Å². The van der Waals surface area contributed by atoms with Crippen molar-refractivity contribution < 1.29 is 0 Å². The Labute approximate surface area is 125 Å². The SMILES string of the molecule is CC(C)C1CCC(N)C(N2CCC3CCCCC3C2)C1. The molecule has 1 heterocycles. The van der Waals surface area contributed by atoms with Crippen LogP contribution in [0.3, 0.4) is 0 Å². The molecular weight excluding hydrogens is 244 g/mol. The highest BCUT2D eigenvalue weighted by Gasteiger charge is 2.38. The van der Waals surface area contributed by atoms with Crippen LogP contribution in [0.5, 0.6) is 0 Å². The smallest absolute Gasteiger partial charge is 0.0250 e. The molecule has 3 fully saturated rings. The number of hydrogen-bond donors (Lipinski definition) is 1. The zero-order chi connectivity index (χ0) is 14.1. The first-order valence-electron chi connectivity index (χ1n) is 9.14. The number of nitrogens with two attached hydrogens (primary N) is 1. The Morgan fingerprint density at radius 3 is 2.45 bits per heavy atom. The van der Waals surface area contributed by atoms with Crippen LogP contribution in [-0.4, -0.2) is 30.1 Å². The minimum Gasteiger partial charge on any atom is -0.326 e. The van der Waals surface area contributed by atoms with E-state index in [9.17, 15) is 0 Å². The van der Waals surface area contributed by atoms with Gasteiger partial charge in [-0.2, -0.15) is 0 Å². The lowest BCUT2D eigenvalue weighted by atomic mass is 9.72. The van der Waals surface area contributed by atoms with E-state index < -0.39 is 0 Å². The van der Waals surface area contributed by atoms with Crippen LogP contribution in [0.2, 0.25) is 0 Å². The molecule has 2 saturated carbocycles. The summed E-state index contributed by atoms with van der Waals surface area (Å²) in [7, 11) is 0. The largest absolute Gasteiger partial charge is 0.326 e. The van der Waals surface area contributed by atoms with E-state index in [-0.39, 0.29) is 0 Å². The van der Waals surface area contributed by atoms with Gasteiger partial charge >= 0.3 is 0 Å². The van der Waals surface area contributed by atoms with Crippen LogP contribution >= 0.6 is 0 Å². The standard InChI is InChI=1S/C18H34N2/c1-13(2)15-7-8-17(19)18(11-15)20-10-9-14-5-3-4-6-16(14)12-20/h13-18H,3-12,19H2,1-2H3. The molecule has 0 spiro atoms. The van der Waals surface area contributed by atoms with Crippen molar-refractivity contribution in [3.63, 3.8) is 0 Å². The fourth-order valence-electron chi connectivity index (χ4n) is 5.16. The highest BCUT2D eigenvalue weighted by atomic mass is 15.2. The summed E-state index contributed by atoms with van der Waals surface area (Å²) >= 11 is 0. The predicted molar refractivity (Wildman–Crippen MR) is 85.6 cm³/mol. The zero-order valence-electron chi connectivity index (χ0n) is 13.6. The van der Waals surface area contributed by atoms with E-state index in [2.05, 4.69) is 18.7 Å². The summed E-state index contributed by atoms with van der Waals surface area (Å²) in [6.07, 6.45) is 11.4. The summed E-state index contributed by atoms with van der Waals surface area (Å²) < 4.78 is 0. The molecule has 20 heavy (non-hydrogen) atoms. The molecule has 3 rings (SSSR count). The molecule has 5 unspecified atom stereocenters. The molecule has 0 radical (unpaired) electrons. The molecule has 5 atom stereocenters. The number of likely N-dealkylation sites (tertiary alicyclic amines) is 1. The Morgan fingerprint density at radius 1 is 0.950 bits per heavy atom. The van der Waals surface area contributed by atoms with Crippen LogP contribution < -0.4 is 5.73 Å². The van der Waals surface area contributed by atoms with Gasteiger partial charge in [0.05, 0.1) is 0 Å². The van der Waals surface area contributed by atoms with Crippen molar-refractivity contribution in [1.29, 1.82) is 0 Å². The van der Waals surface area contributed by atoms with Gasteiger partial charge in [0.1, 0.15) is 0 Å². The Kier molecular flexibility index (Phi) is 4.72. The van der Waals surface area contributed by atoms with Crippen molar-refractivity contribution in [2.75, 3.05) is 13.1 Å². The quantitative estimate of drug-likeness (QED) is 0.835. The topological polar surface area (TPSA) is 29.3 Å². The monoisotopic (exact) mass is 278 g/mol. The lowest BCUT2D eigenvalue weighted by molar-refractivity contribution is 0.0222. The summed E-state index contributed by atoms with van der Waals surface area (Å²) in [6, 6.07) is 1.11. The molecular formula is C18H34N2. The second kappa shape index (κ2) is 6.36. The van der Waals surface area contributed by atoms with E-state index in [0.717, 1.165) is 23.7 Å². The van der Waals surface area contributed by atoms with Gasteiger partial charge in [0.2, 0.25) is 0 Å². The van der Waals surface area contributed by atoms with Crippen molar-refractivity contribution in [3.8, 4) is 0 Å². The summed E-state index contributed by atoms with van der Waals surface area (Å²) in [5, 5.41) is 0. The third-order valence-corrected chi connectivity index (χ3v) is 6.64. The number of hydrogen-bond acceptors (Lipinski definition) is 2. The van der Waals surface area contributed by atoms with Gasteiger partial charge in [0.15, 0.2) is 0 Å². The van der Waals surface area contributed by atoms with Crippen LogP contribution in [0.25, 0.3) is 0 Å². The van der Waals surface area contributed by atoms with E-state index in [1.807, 2.05) is 0 Å². The molecule has 0 aromatic rings. The second-order valence-corrected chi connectivity index (χ2v) is 8.14. The maximum atomic E-state index is 6.50. The van der Waals surface area contributed by atoms with Gasteiger partial charge in [0.25, 0.3) is 0 Å². The van der Waals surface area contributed by atoms with E-state index in [1.54, 1.807) is 0 Å². The van der Waals surface area contributed by atoms with Crippen LogP contribution in [0, 0.1) is 23.7 Å². The lowest BCUT2D eigenvalue weighted by Gasteiger charge is -2.48. The van der Waals surface area contributed by atoms with Crippen LogP contribution in [0.1, 0.15) is 65.2 Å². The maximum Gasteiger partial charge on any atom is 0.0250 e. The average molecular weight is 278 g/mol. The molecule has 116 valence electrons. The van der Waals surface area contributed by atoms with Gasteiger partial charge in [0, 0.05) is 18.6 Å². The zero-order valence-corrected chi connectivity index (χ0v) is 13.6. The van der Waals surface area contributed by atoms with Gasteiger partial charge in [-0.05, 0) is 62.3 Å². The Morgan fingerprint density at radius 2 is 1.70 bits per heavy atom. The summed E-state index contributed by atoms with van der Waals surface area (Å²) in [4.78, 5) is 2.80. The van der Waals surface area contributed by atoms with E-state index >= 15 is 0 Å². The third-order valence-electron chi connectivity index (χ3n) is 6.64. The lowest BCUT2D eigenvalue weighted by Crippen LogP contribution is -2.56. The molecule has 2 N–H and O–H groups in total. The number of nitrogens with zero attached hydrogens (tertiary/aromatic N) is 1. The number of rotatable bonds is 2. The fraction of sp³-hybridized carbons (Fsp3) is 1.00. The van der Waals surface area contributed by atoms with Gasteiger partial charge in [-0.15, -0.1) is 0 Å². The van der Waals surface area contributed by atoms with Crippen molar-refractivity contribution in [1.82, 2.24) is 4.90 Å². The molecule has 1 aliphatic heterocycles. The summed E-state index contributed by atoms with van der Waals surface area (Å²) in [5.41, 5.74) is 6.50. The average Bonchev–Trinajstić information content (AvgIpc) is 2.47. The highest BCUT2D eigenvalue weighted by molar-refractivity contribution is 4.94. The molecule has 1 saturated heterocycles. The second-order valence-electron chi connectivity index (χ2n) is 8.14. The minimum absolute atomic E-state index is 0.435. The van der Waals surface area contributed by atoms with Crippen molar-refractivity contribution in [3.05, 3.63) is 0 Å². The molecule has 3 aliphatic rings. The third kappa shape index (κ3) is 3.06. The molecule has 0 aromatic carbocycles. The minimum atomic E-state index is 0.435. The van der Waals surface area contributed by atoms with Crippen LogP contribution in [0.4, 0.5) is 0 Å². The first-order chi connectivity index (χ1) is 9.65. The highest BCUT2D eigenvalue weighted by Crippen LogP contribution is 2.39. The Balaban J connectivity index is 1.62. The molecule has 0 amide bonds. The van der Waals surface area contributed by atoms with Crippen LogP contribution in [0.15, 0.2) is 0 Å². The molecule has 0 bridgehead atoms. The van der Waals surface area contributed by atoms with Crippen molar-refractivity contribution in [2.24, 2.45) is 29.4 Å². The van der Waals surface area contributed by atoms with Gasteiger partial charge in [-0.1, -0.05) is 33.1 Å². The summed E-state index contributed by atoms with van der Waals surface area (Å²) in [5.74, 6) is 3.77.